The van der Waals surface area contributed by atoms with Crippen molar-refractivity contribution in [2.45, 2.75) is 33.6 Å². The molecule has 1 fully saturated rings. The van der Waals surface area contributed by atoms with Gasteiger partial charge < -0.3 is 15.5 Å². The van der Waals surface area contributed by atoms with Crippen LogP contribution in [-0.4, -0.2) is 35.6 Å². The predicted octanol–water partition coefficient (Wildman–Crippen LogP) is 3.18. The van der Waals surface area contributed by atoms with Gasteiger partial charge in [0.1, 0.15) is 0 Å². The second kappa shape index (κ2) is 8.29. The quantitative estimate of drug-likeness (QED) is 0.831. The molecule has 0 saturated carbocycles. The molecule has 1 aliphatic rings. The minimum atomic E-state index is 0.0280. The SMILES string of the molecule is Cc1ccc(NC(=S)N2CCCC(C(=O)NCC(C)C)C2)cc1. The number of carbonyl (C=O) groups is 1. The molecule has 0 spiro atoms. The average molecular weight is 334 g/mol. The van der Waals surface area contributed by atoms with Crippen LogP contribution in [0.25, 0.3) is 0 Å². The number of amides is 1. The van der Waals surface area contributed by atoms with E-state index in [4.69, 9.17) is 12.2 Å². The topological polar surface area (TPSA) is 44.4 Å². The Labute approximate surface area is 144 Å². The number of nitrogens with zero attached hydrogens (tertiary/aromatic N) is 1. The molecular weight excluding hydrogens is 306 g/mol. The lowest BCUT2D eigenvalue weighted by atomic mass is 9.97. The molecule has 1 amide bonds. The van der Waals surface area contributed by atoms with E-state index < -0.39 is 0 Å². The molecule has 1 saturated heterocycles. The van der Waals surface area contributed by atoms with Gasteiger partial charge in [-0.2, -0.15) is 0 Å². The zero-order valence-electron chi connectivity index (χ0n) is 14.3. The monoisotopic (exact) mass is 333 g/mol. The summed E-state index contributed by atoms with van der Waals surface area (Å²) in [4.78, 5) is 14.4. The first-order valence-electron chi connectivity index (χ1n) is 8.36. The molecule has 0 bridgehead atoms. The van der Waals surface area contributed by atoms with Gasteiger partial charge in [-0.3, -0.25) is 4.79 Å². The summed E-state index contributed by atoms with van der Waals surface area (Å²) in [6.07, 6.45) is 1.93. The fourth-order valence-electron chi connectivity index (χ4n) is 2.66. The maximum absolute atomic E-state index is 12.3. The van der Waals surface area contributed by atoms with Crippen LogP contribution >= 0.6 is 12.2 Å². The Morgan fingerprint density at radius 1 is 1.35 bits per heavy atom. The number of benzene rings is 1. The molecule has 0 radical (unpaired) electrons. The van der Waals surface area contributed by atoms with Crippen molar-refractivity contribution in [3.63, 3.8) is 0 Å². The van der Waals surface area contributed by atoms with Gasteiger partial charge >= 0.3 is 0 Å². The molecular formula is C18H27N3OS. The number of carbonyl (C=O) groups excluding carboxylic acids is 1. The van der Waals surface area contributed by atoms with Crippen molar-refractivity contribution in [2.75, 3.05) is 25.0 Å². The van der Waals surface area contributed by atoms with Crippen molar-refractivity contribution < 1.29 is 4.79 Å². The first kappa shape index (κ1) is 17.7. The molecule has 1 aliphatic heterocycles. The van der Waals surface area contributed by atoms with Crippen molar-refractivity contribution >= 4 is 28.9 Å². The lowest BCUT2D eigenvalue weighted by Crippen LogP contribution is -2.47. The highest BCUT2D eigenvalue weighted by atomic mass is 32.1. The Hall–Kier alpha value is -1.62. The van der Waals surface area contributed by atoms with Gasteiger partial charge in [0, 0.05) is 25.3 Å². The molecule has 23 heavy (non-hydrogen) atoms. The van der Waals surface area contributed by atoms with Crippen LogP contribution < -0.4 is 10.6 Å². The fourth-order valence-corrected chi connectivity index (χ4v) is 2.95. The summed E-state index contributed by atoms with van der Waals surface area (Å²) in [6, 6.07) is 8.17. The average Bonchev–Trinajstić information content (AvgIpc) is 2.54. The molecule has 126 valence electrons. The van der Waals surface area contributed by atoms with E-state index in [0.29, 0.717) is 17.6 Å². The van der Waals surface area contributed by atoms with Crippen LogP contribution in [0.3, 0.4) is 0 Å². The van der Waals surface area contributed by atoms with E-state index in [1.165, 1.54) is 5.56 Å². The standard InChI is InChI=1S/C18H27N3OS/c1-13(2)11-19-17(22)15-5-4-10-21(12-15)18(23)20-16-8-6-14(3)7-9-16/h6-9,13,15H,4-5,10-12H2,1-3H3,(H,19,22)(H,20,23). The Balaban J connectivity index is 1.88. The highest BCUT2D eigenvalue weighted by Gasteiger charge is 2.27. The van der Waals surface area contributed by atoms with Gasteiger partial charge in [-0.15, -0.1) is 0 Å². The van der Waals surface area contributed by atoms with Crippen LogP contribution in [0.1, 0.15) is 32.3 Å². The van der Waals surface area contributed by atoms with Gasteiger partial charge in [0.25, 0.3) is 0 Å². The summed E-state index contributed by atoms with van der Waals surface area (Å²) in [5.41, 5.74) is 2.22. The maximum atomic E-state index is 12.3. The molecule has 0 aliphatic carbocycles. The van der Waals surface area contributed by atoms with Gasteiger partial charge in [-0.05, 0) is 50.0 Å². The number of hydrogen-bond acceptors (Lipinski definition) is 2. The minimum absolute atomic E-state index is 0.0280. The van der Waals surface area contributed by atoms with Crippen LogP contribution in [0.4, 0.5) is 5.69 Å². The number of aryl methyl sites for hydroxylation is 1. The van der Waals surface area contributed by atoms with Crippen molar-refractivity contribution in [3.8, 4) is 0 Å². The largest absolute Gasteiger partial charge is 0.356 e. The van der Waals surface area contributed by atoms with Crippen LogP contribution in [0.2, 0.25) is 0 Å². The van der Waals surface area contributed by atoms with Gasteiger partial charge in [0.2, 0.25) is 5.91 Å². The molecule has 1 heterocycles. The zero-order chi connectivity index (χ0) is 16.8. The van der Waals surface area contributed by atoms with E-state index in [1.54, 1.807) is 0 Å². The number of piperidine rings is 1. The van der Waals surface area contributed by atoms with E-state index in [0.717, 1.165) is 31.6 Å². The summed E-state index contributed by atoms with van der Waals surface area (Å²) in [6.45, 7) is 8.62. The molecule has 1 unspecified atom stereocenters. The molecule has 5 heteroatoms. The van der Waals surface area contributed by atoms with Crippen LogP contribution in [0.15, 0.2) is 24.3 Å². The number of thiocarbonyl (C=S) groups is 1. The Kier molecular flexibility index (Phi) is 6.39. The van der Waals surface area contributed by atoms with Crippen molar-refractivity contribution in [1.29, 1.82) is 0 Å². The van der Waals surface area contributed by atoms with Crippen LogP contribution in [-0.2, 0) is 4.79 Å². The summed E-state index contributed by atoms with van der Waals surface area (Å²) >= 11 is 5.52. The highest BCUT2D eigenvalue weighted by molar-refractivity contribution is 7.80. The van der Waals surface area contributed by atoms with Gasteiger partial charge in [0.05, 0.1) is 5.92 Å². The molecule has 2 rings (SSSR count). The summed E-state index contributed by atoms with van der Waals surface area (Å²) in [7, 11) is 0. The third kappa shape index (κ3) is 5.50. The number of nitrogens with one attached hydrogen (secondary N) is 2. The van der Waals surface area contributed by atoms with E-state index in [9.17, 15) is 4.79 Å². The van der Waals surface area contributed by atoms with Crippen LogP contribution in [0.5, 0.6) is 0 Å². The first-order chi connectivity index (χ1) is 11.0. The van der Waals surface area contributed by atoms with E-state index in [1.807, 2.05) is 12.1 Å². The number of anilines is 1. The first-order valence-corrected chi connectivity index (χ1v) is 8.77. The molecule has 0 aromatic heterocycles. The van der Waals surface area contributed by atoms with E-state index in [-0.39, 0.29) is 11.8 Å². The molecule has 4 nitrogen and oxygen atoms in total. The van der Waals surface area contributed by atoms with E-state index >= 15 is 0 Å². The van der Waals surface area contributed by atoms with Crippen molar-refractivity contribution in [3.05, 3.63) is 29.8 Å². The zero-order valence-corrected chi connectivity index (χ0v) is 15.1. The maximum Gasteiger partial charge on any atom is 0.224 e. The summed E-state index contributed by atoms with van der Waals surface area (Å²) < 4.78 is 0. The Morgan fingerprint density at radius 3 is 2.70 bits per heavy atom. The third-order valence-electron chi connectivity index (χ3n) is 4.07. The summed E-state index contributed by atoms with van der Waals surface area (Å²) in [5, 5.41) is 7.02. The number of hydrogen-bond donors (Lipinski definition) is 2. The molecule has 1 aromatic carbocycles. The highest BCUT2D eigenvalue weighted by Crippen LogP contribution is 2.18. The lowest BCUT2D eigenvalue weighted by molar-refractivity contribution is -0.126. The molecule has 1 atom stereocenters. The van der Waals surface area contributed by atoms with Crippen molar-refractivity contribution in [2.24, 2.45) is 11.8 Å². The lowest BCUT2D eigenvalue weighted by Gasteiger charge is -2.34. The number of rotatable bonds is 4. The van der Waals surface area contributed by atoms with E-state index in [2.05, 4.69) is 48.4 Å². The van der Waals surface area contributed by atoms with Gasteiger partial charge in [0.15, 0.2) is 5.11 Å². The van der Waals surface area contributed by atoms with Gasteiger partial charge in [-0.1, -0.05) is 31.5 Å². The number of likely N-dealkylation sites (tertiary alicyclic amines) is 1. The summed E-state index contributed by atoms with van der Waals surface area (Å²) in [5.74, 6) is 0.657. The Morgan fingerprint density at radius 2 is 2.04 bits per heavy atom. The van der Waals surface area contributed by atoms with Gasteiger partial charge in [-0.25, -0.2) is 0 Å². The van der Waals surface area contributed by atoms with Crippen LogP contribution in [0, 0.1) is 18.8 Å². The normalized spacial score (nSPS) is 17.9. The molecule has 2 N–H and O–H groups in total. The second-order valence-electron chi connectivity index (χ2n) is 6.72. The smallest absolute Gasteiger partial charge is 0.224 e. The minimum Gasteiger partial charge on any atom is -0.356 e. The Bertz CT molecular complexity index is 542. The van der Waals surface area contributed by atoms with Crippen molar-refractivity contribution in [1.82, 2.24) is 10.2 Å². The molecule has 1 aromatic rings. The third-order valence-corrected chi connectivity index (χ3v) is 4.43. The predicted molar refractivity (Wildman–Crippen MR) is 99.5 cm³/mol. The second-order valence-corrected chi connectivity index (χ2v) is 7.11. The fraction of sp³-hybridized carbons (Fsp3) is 0.556.